The summed E-state index contributed by atoms with van der Waals surface area (Å²) in [6.45, 7) is 8.34. The van der Waals surface area contributed by atoms with E-state index < -0.39 is 0 Å². The zero-order valence-electron chi connectivity index (χ0n) is 12.2. The predicted octanol–water partition coefficient (Wildman–Crippen LogP) is 3.04. The Morgan fingerprint density at radius 2 is 2.05 bits per heavy atom. The van der Waals surface area contributed by atoms with E-state index >= 15 is 0 Å². The van der Waals surface area contributed by atoms with Crippen molar-refractivity contribution in [3.8, 4) is 0 Å². The van der Waals surface area contributed by atoms with Crippen molar-refractivity contribution in [1.29, 1.82) is 0 Å². The number of hydrogen-bond donors (Lipinski definition) is 1. The molecule has 1 aliphatic rings. The standard InChI is InChI=1S/C14H23BrN4/c1-14(2,3)13-17-11(15)9-12(18-13)16-7-8-19(4)10-5-6-10/h9-10H,5-8H2,1-4H3,(H,16,17,18). The highest BCUT2D eigenvalue weighted by atomic mass is 79.9. The molecule has 1 aromatic heterocycles. The summed E-state index contributed by atoms with van der Waals surface area (Å²) in [5.41, 5.74) is -0.0367. The van der Waals surface area contributed by atoms with Crippen LogP contribution in [0.25, 0.3) is 0 Å². The molecule has 106 valence electrons. The van der Waals surface area contributed by atoms with Gasteiger partial charge in [0.15, 0.2) is 0 Å². The van der Waals surface area contributed by atoms with Crippen molar-refractivity contribution in [2.75, 3.05) is 25.5 Å². The smallest absolute Gasteiger partial charge is 0.137 e. The molecular formula is C14H23BrN4. The van der Waals surface area contributed by atoms with E-state index in [0.717, 1.165) is 35.4 Å². The van der Waals surface area contributed by atoms with Crippen LogP contribution in [0.3, 0.4) is 0 Å². The van der Waals surface area contributed by atoms with Crippen LogP contribution in [-0.2, 0) is 5.41 Å². The number of halogens is 1. The summed E-state index contributed by atoms with van der Waals surface area (Å²) >= 11 is 3.46. The lowest BCUT2D eigenvalue weighted by molar-refractivity contribution is 0.337. The minimum atomic E-state index is -0.0367. The topological polar surface area (TPSA) is 41.0 Å². The maximum absolute atomic E-state index is 4.59. The van der Waals surface area contributed by atoms with E-state index in [2.05, 4.69) is 63.9 Å². The second kappa shape index (κ2) is 5.75. The summed E-state index contributed by atoms with van der Waals surface area (Å²) in [6, 6.07) is 2.75. The van der Waals surface area contributed by atoms with E-state index in [1.807, 2.05) is 6.07 Å². The Hall–Kier alpha value is -0.680. The monoisotopic (exact) mass is 326 g/mol. The molecule has 1 aliphatic carbocycles. The van der Waals surface area contributed by atoms with Crippen LogP contribution in [-0.4, -0.2) is 41.0 Å². The van der Waals surface area contributed by atoms with Crippen LogP contribution in [0.15, 0.2) is 10.7 Å². The third-order valence-electron chi connectivity index (χ3n) is 3.31. The number of hydrogen-bond acceptors (Lipinski definition) is 4. The van der Waals surface area contributed by atoms with Crippen molar-refractivity contribution < 1.29 is 0 Å². The molecule has 1 N–H and O–H groups in total. The van der Waals surface area contributed by atoms with Gasteiger partial charge in [0.2, 0.25) is 0 Å². The molecule has 4 nitrogen and oxygen atoms in total. The highest BCUT2D eigenvalue weighted by molar-refractivity contribution is 9.10. The first-order valence-electron chi connectivity index (χ1n) is 6.85. The number of rotatable bonds is 5. The van der Waals surface area contributed by atoms with Crippen LogP contribution in [0.2, 0.25) is 0 Å². The number of likely N-dealkylation sites (N-methyl/N-ethyl adjacent to an activating group) is 1. The molecule has 1 fully saturated rings. The molecule has 19 heavy (non-hydrogen) atoms. The molecule has 0 aliphatic heterocycles. The maximum Gasteiger partial charge on any atom is 0.137 e. The summed E-state index contributed by atoms with van der Waals surface area (Å²) in [4.78, 5) is 11.4. The van der Waals surface area contributed by atoms with Gasteiger partial charge in [0.05, 0.1) is 0 Å². The highest BCUT2D eigenvalue weighted by Gasteiger charge is 2.25. The fraction of sp³-hybridized carbons (Fsp3) is 0.714. The molecule has 0 unspecified atom stereocenters. The van der Waals surface area contributed by atoms with Gasteiger partial charge in [-0.3, -0.25) is 0 Å². The zero-order valence-corrected chi connectivity index (χ0v) is 13.8. The van der Waals surface area contributed by atoms with Crippen molar-refractivity contribution in [2.24, 2.45) is 0 Å². The molecular weight excluding hydrogens is 304 g/mol. The lowest BCUT2D eigenvalue weighted by Crippen LogP contribution is -2.27. The maximum atomic E-state index is 4.59. The van der Waals surface area contributed by atoms with E-state index in [0.29, 0.717) is 0 Å². The molecule has 0 bridgehead atoms. The molecule has 0 atom stereocenters. The minimum Gasteiger partial charge on any atom is -0.369 e. The van der Waals surface area contributed by atoms with Gasteiger partial charge >= 0.3 is 0 Å². The van der Waals surface area contributed by atoms with Gasteiger partial charge in [0, 0.05) is 30.6 Å². The normalized spacial score (nSPS) is 15.9. The fourth-order valence-electron chi connectivity index (χ4n) is 1.90. The average molecular weight is 327 g/mol. The van der Waals surface area contributed by atoms with Crippen LogP contribution in [0.4, 0.5) is 5.82 Å². The van der Waals surface area contributed by atoms with Crippen molar-refractivity contribution >= 4 is 21.7 Å². The van der Waals surface area contributed by atoms with E-state index in [-0.39, 0.29) is 5.41 Å². The number of aromatic nitrogens is 2. The van der Waals surface area contributed by atoms with Crippen LogP contribution in [0.1, 0.15) is 39.4 Å². The summed E-state index contributed by atoms with van der Waals surface area (Å²) in [6.07, 6.45) is 2.70. The Kier molecular flexibility index (Phi) is 4.46. The van der Waals surface area contributed by atoms with Crippen LogP contribution in [0.5, 0.6) is 0 Å². The average Bonchev–Trinajstić information content (AvgIpc) is 3.10. The molecule has 2 rings (SSSR count). The molecule has 1 heterocycles. The lowest BCUT2D eigenvalue weighted by Gasteiger charge is -2.19. The first kappa shape index (κ1) is 14.7. The fourth-order valence-corrected chi connectivity index (χ4v) is 2.29. The van der Waals surface area contributed by atoms with Gasteiger partial charge in [-0.25, -0.2) is 9.97 Å². The van der Waals surface area contributed by atoms with Gasteiger partial charge in [0.25, 0.3) is 0 Å². The Labute approximate surface area is 124 Å². The largest absolute Gasteiger partial charge is 0.369 e. The minimum absolute atomic E-state index is 0.0367. The molecule has 0 aromatic carbocycles. The molecule has 0 radical (unpaired) electrons. The second-order valence-corrected chi connectivity index (χ2v) is 7.10. The third kappa shape index (κ3) is 4.42. The second-order valence-electron chi connectivity index (χ2n) is 6.29. The summed E-state index contributed by atoms with van der Waals surface area (Å²) in [7, 11) is 2.19. The Morgan fingerprint density at radius 3 is 2.63 bits per heavy atom. The first-order valence-corrected chi connectivity index (χ1v) is 7.65. The molecule has 1 aromatic rings. The SMILES string of the molecule is CN(CCNc1cc(Br)nc(C(C)(C)C)n1)C1CC1. The summed E-state index contributed by atoms with van der Waals surface area (Å²) in [5.74, 6) is 1.76. The van der Waals surface area contributed by atoms with E-state index in [1.165, 1.54) is 12.8 Å². The van der Waals surface area contributed by atoms with Gasteiger partial charge < -0.3 is 10.2 Å². The highest BCUT2D eigenvalue weighted by Crippen LogP contribution is 2.25. The number of nitrogens with one attached hydrogen (secondary N) is 1. The van der Waals surface area contributed by atoms with E-state index in [9.17, 15) is 0 Å². The van der Waals surface area contributed by atoms with Crippen LogP contribution >= 0.6 is 15.9 Å². The van der Waals surface area contributed by atoms with Gasteiger partial charge in [-0.2, -0.15) is 0 Å². The van der Waals surface area contributed by atoms with Gasteiger partial charge in [0.1, 0.15) is 16.2 Å². The number of nitrogens with zero attached hydrogens (tertiary/aromatic N) is 3. The third-order valence-corrected chi connectivity index (χ3v) is 3.71. The first-order chi connectivity index (χ1) is 8.86. The van der Waals surface area contributed by atoms with Crippen molar-refractivity contribution in [3.05, 3.63) is 16.5 Å². The molecule has 0 spiro atoms. The van der Waals surface area contributed by atoms with Gasteiger partial charge in [-0.1, -0.05) is 20.8 Å². The summed E-state index contributed by atoms with van der Waals surface area (Å²) in [5, 5.41) is 3.39. The summed E-state index contributed by atoms with van der Waals surface area (Å²) < 4.78 is 0.838. The molecule has 0 saturated heterocycles. The van der Waals surface area contributed by atoms with E-state index in [1.54, 1.807) is 0 Å². The molecule has 5 heteroatoms. The van der Waals surface area contributed by atoms with E-state index in [4.69, 9.17) is 0 Å². The lowest BCUT2D eigenvalue weighted by atomic mass is 9.96. The predicted molar refractivity (Wildman–Crippen MR) is 82.6 cm³/mol. The van der Waals surface area contributed by atoms with Crippen molar-refractivity contribution in [1.82, 2.24) is 14.9 Å². The van der Waals surface area contributed by atoms with Gasteiger partial charge in [-0.15, -0.1) is 0 Å². The Morgan fingerprint density at radius 1 is 1.37 bits per heavy atom. The van der Waals surface area contributed by atoms with Gasteiger partial charge in [-0.05, 0) is 35.8 Å². The molecule has 0 amide bonds. The number of anilines is 1. The van der Waals surface area contributed by atoms with Crippen LogP contribution in [0, 0.1) is 0 Å². The van der Waals surface area contributed by atoms with Crippen LogP contribution < -0.4 is 5.32 Å². The van der Waals surface area contributed by atoms with Crippen molar-refractivity contribution in [2.45, 2.75) is 45.1 Å². The quantitative estimate of drug-likeness (QED) is 0.844. The molecule has 1 saturated carbocycles. The Bertz CT molecular complexity index is 438. The Balaban J connectivity index is 1.93. The van der Waals surface area contributed by atoms with Crippen molar-refractivity contribution in [3.63, 3.8) is 0 Å². The zero-order chi connectivity index (χ0) is 14.0.